The van der Waals surface area contributed by atoms with Crippen LogP contribution >= 0.6 is 0 Å². The van der Waals surface area contributed by atoms with Crippen molar-refractivity contribution in [1.29, 1.82) is 0 Å². The second-order valence-electron chi connectivity index (χ2n) is 11.1. The lowest BCUT2D eigenvalue weighted by molar-refractivity contribution is -0.145. The van der Waals surface area contributed by atoms with E-state index >= 15 is 0 Å². The quantitative estimate of drug-likeness (QED) is 0.210. The maximum atomic E-state index is 13.0. The molecule has 0 saturated heterocycles. The minimum atomic E-state index is -1.42. The van der Waals surface area contributed by atoms with Crippen LogP contribution in [0, 0.1) is 0 Å². The zero-order valence-corrected chi connectivity index (χ0v) is 24.4. The molecule has 0 aliphatic heterocycles. The van der Waals surface area contributed by atoms with Crippen LogP contribution in [0.3, 0.4) is 0 Å². The number of hydrogen-bond donors (Lipinski definition) is 2. The van der Waals surface area contributed by atoms with E-state index in [0.717, 1.165) is 11.6 Å². The molecule has 0 aliphatic rings. The lowest BCUT2D eigenvalue weighted by atomic mass is 10.0. The Labute approximate surface area is 226 Å². The molecule has 0 aromatic heterocycles. The number of carbonyl (C=O) groups excluding carboxylic acids is 3. The minimum Gasteiger partial charge on any atom is -0.495 e. The summed E-state index contributed by atoms with van der Waals surface area (Å²) in [5.74, 6) is -0.138. The summed E-state index contributed by atoms with van der Waals surface area (Å²) >= 11 is 0. The molecule has 208 valence electrons. The molecule has 9 nitrogen and oxygen atoms in total. The van der Waals surface area contributed by atoms with E-state index < -0.39 is 37.9 Å². The first-order chi connectivity index (χ1) is 17.8. The number of esters is 1. The van der Waals surface area contributed by atoms with Crippen LogP contribution in [-0.4, -0.2) is 51.6 Å². The first-order valence-electron chi connectivity index (χ1n) is 12.6. The van der Waals surface area contributed by atoms with Crippen LogP contribution in [0.25, 0.3) is 0 Å². The van der Waals surface area contributed by atoms with Crippen molar-refractivity contribution in [3.63, 3.8) is 0 Å². The van der Waals surface area contributed by atoms with Crippen molar-refractivity contribution in [2.24, 2.45) is 0 Å². The highest BCUT2D eigenvalue weighted by atomic mass is 28.3. The van der Waals surface area contributed by atoms with Gasteiger partial charge in [-0.3, -0.25) is 5.32 Å². The van der Waals surface area contributed by atoms with Gasteiger partial charge in [-0.25, -0.2) is 14.4 Å². The van der Waals surface area contributed by atoms with Gasteiger partial charge in [0.05, 0.1) is 19.4 Å². The summed E-state index contributed by atoms with van der Waals surface area (Å²) in [4.78, 5) is 37.9. The maximum absolute atomic E-state index is 13.0. The third-order valence-corrected chi connectivity index (χ3v) is 6.93. The van der Waals surface area contributed by atoms with Crippen LogP contribution in [0.1, 0.15) is 31.9 Å². The Hall–Kier alpha value is -3.53. The summed E-state index contributed by atoms with van der Waals surface area (Å²) in [7, 11) is 0.0631. The van der Waals surface area contributed by atoms with Crippen LogP contribution in [0.4, 0.5) is 15.3 Å². The third kappa shape index (κ3) is 11.7. The lowest BCUT2D eigenvalue weighted by Gasteiger charge is -2.21. The Balaban J connectivity index is 2.17. The Morgan fingerprint density at radius 1 is 0.921 bits per heavy atom. The van der Waals surface area contributed by atoms with Crippen molar-refractivity contribution in [1.82, 2.24) is 5.32 Å². The SMILES string of the molecule is COc1ccc(C[C@H](NC(=O)OCc2ccccc2)C(=O)OCC[Si](C)(C)C)cc1NC(=O)OC(C)(C)C. The number of rotatable bonds is 11. The van der Waals surface area contributed by atoms with E-state index in [-0.39, 0.29) is 19.6 Å². The van der Waals surface area contributed by atoms with Gasteiger partial charge in [-0.1, -0.05) is 56.0 Å². The van der Waals surface area contributed by atoms with E-state index in [9.17, 15) is 14.4 Å². The molecule has 2 rings (SSSR count). The molecule has 0 saturated carbocycles. The molecular weight excluding hydrogens is 504 g/mol. The number of anilines is 1. The first-order valence-corrected chi connectivity index (χ1v) is 16.3. The molecule has 0 spiro atoms. The molecule has 10 heteroatoms. The van der Waals surface area contributed by atoms with Crippen LogP contribution in [0.15, 0.2) is 48.5 Å². The number of methoxy groups -OCH3 is 1. The van der Waals surface area contributed by atoms with E-state index in [1.807, 2.05) is 30.3 Å². The number of alkyl carbamates (subject to hydrolysis) is 1. The Morgan fingerprint density at radius 3 is 2.21 bits per heavy atom. The fraction of sp³-hybridized carbons (Fsp3) is 0.464. The second kappa shape index (κ2) is 13.9. The van der Waals surface area contributed by atoms with Crippen molar-refractivity contribution >= 4 is 31.9 Å². The van der Waals surface area contributed by atoms with Gasteiger partial charge in [0.1, 0.15) is 24.0 Å². The molecule has 0 bridgehead atoms. The van der Waals surface area contributed by atoms with Gasteiger partial charge in [0.15, 0.2) is 0 Å². The zero-order chi connectivity index (χ0) is 28.3. The topological polar surface area (TPSA) is 112 Å². The molecule has 0 aliphatic carbocycles. The van der Waals surface area contributed by atoms with E-state index in [2.05, 4.69) is 30.3 Å². The van der Waals surface area contributed by atoms with E-state index in [0.29, 0.717) is 17.0 Å². The van der Waals surface area contributed by atoms with Gasteiger partial charge in [-0.05, 0) is 50.1 Å². The normalized spacial score (nSPS) is 12.2. The highest BCUT2D eigenvalue weighted by Gasteiger charge is 2.25. The molecule has 2 aromatic rings. The summed E-state index contributed by atoms with van der Waals surface area (Å²) < 4.78 is 21.5. The van der Waals surface area contributed by atoms with Crippen LogP contribution < -0.4 is 15.4 Å². The fourth-order valence-electron chi connectivity index (χ4n) is 3.29. The Kier molecular flexibility index (Phi) is 11.2. The summed E-state index contributed by atoms with van der Waals surface area (Å²) in [6.07, 6.45) is -1.27. The van der Waals surface area contributed by atoms with Crippen molar-refractivity contribution in [3.05, 3.63) is 59.7 Å². The number of nitrogens with one attached hydrogen (secondary N) is 2. The molecule has 2 aromatic carbocycles. The second-order valence-corrected chi connectivity index (χ2v) is 16.7. The highest BCUT2D eigenvalue weighted by molar-refractivity contribution is 6.76. The number of hydrogen-bond acceptors (Lipinski definition) is 7. The largest absolute Gasteiger partial charge is 0.495 e. The highest BCUT2D eigenvalue weighted by Crippen LogP contribution is 2.27. The van der Waals surface area contributed by atoms with Gasteiger partial charge >= 0.3 is 18.2 Å². The van der Waals surface area contributed by atoms with Crippen molar-refractivity contribution in [2.45, 2.75) is 71.1 Å². The van der Waals surface area contributed by atoms with Gasteiger partial charge in [-0.2, -0.15) is 0 Å². The lowest BCUT2D eigenvalue weighted by Crippen LogP contribution is -2.44. The number of amides is 2. The summed E-state index contributed by atoms with van der Waals surface area (Å²) in [5, 5.41) is 5.32. The zero-order valence-electron chi connectivity index (χ0n) is 23.4. The molecule has 0 unspecified atom stereocenters. The van der Waals surface area contributed by atoms with Crippen LogP contribution in [0.5, 0.6) is 5.75 Å². The number of benzene rings is 2. The van der Waals surface area contributed by atoms with Gasteiger partial charge in [0.25, 0.3) is 0 Å². The van der Waals surface area contributed by atoms with Gasteiger partial charge in [0.2, 0.25) is 0 Å². The van der Waals surface area contributed by atoms with Crippen molar-refractivity contribution in [3.8, 4) is 5.75 Å². The van der Waals surface area contributed by atoms with E-state index in [1.54, 1.807) is 39.0 Å². The van der Waals surface area contributed by atoms with Gasteiger partial charge in [-0.15, -0.1) is 0 Å². The molecular formula is C28H40N2O7Si. The van der Waals surface area contributed by atoms with Gasteiger partial charge in [0, 0.05) is 14.5 Å². The summed E-state index contributed by atoms with van der Waals surface area (Å²) in [5.41, 5.74) is 1.18. The summed E-state index contributed by atoms with van der Waals surface area (Å²) in [6.45, 7) is 12.2. The molecule has 1 atom stereocenters. The molecule has 0 heterocycles. The average Bonchev–Trinajstić information content (AvgIpc) is 2.81. The Bertz CT molecular complexity index is 1080. The molecule has 38 heavy (non-hydrogen) atoms. The number of ether oxygens (including phenoxy) is 4. The van der Waals surface area contributed by atoms with Crippen LogP contribution in [0.2, 0.25) is 25.7 Å². The molecule has 0 fully saturated rings. The molecule has 2 N–H and O–H groups in total. The smallest absolute Gasteiger partial charge is 0.412 e. The van der Waals surface area contributed by atoms with Crippen molar-refractivity contribution < 1.29 is 33.3 Å². The summed E-state index contributed by atoms with van der Waals surface area (Å²) in [6, 6.07) is 14.1. The minimum absolute atomic E-state index is 0.0660. The van der Waals surface area contributed by atoms with Gasteiger partial charge < -0.3 is 24.3 Å². The Morgan fingerprint density at radius 2 is 1.61 bits per heavy atom. The van der Waals surface area contributed by atoms with Crippen molar-refractivity contribution in [2.75, 3.05) is 19.0 Å². The van der Waals surface area contributed by atoms with E-state index in [4.69, 9.17) is 18.9 Å². The average molecular weight is 545 g/mol. The monoisotopic (exact) mass is 544 g/mol. The van der Waals surface area contributed by atoms with Crippen LogP contribution in [-0.2, 0) is 32.0 Å². The first kappa shape index (κ1) is 30.7. The number of carbonyl (C=O) groups is 3. The maximum Gasteiger partial charge on any atom is 0.412 e. The molecule has 0 radical (unpaired) electrons. The van der Waals surface area contributed by atoms with E-state index in [1.165, 1.54) is 7.11 Å². The predicted molar refractivity (Wildman–Crippen MR) is 149 cm³/mol. The molecule has 2 amide bonds. The standard InChI is InChI=1S/C28H40N2O7Si/c1-28(2,3)37-27(33)29-22-17-21(13-14-24(22)34-4)18-23(25(31)35-15-16-38(5,6)7)30-26(32)36-19-20-11-9-8-10-12-20/h8-14,17,23H,15-16,18-19H2,1-7H3,(H,29,33)(H,30,32)/t23-/m0/s1. The predicted octanol–water partition coefficient (Wildman–Crippen LogP) is 5.76. The third-order valence-electron chi connectivity index (χ3n) is 5.23. The fourth-order valence-corrected chi connectivity index (χ4v) is 4.00.